The number of nitrogens with zero attached hydrogens (tertiary/aromatic N) is 1. The van der Waals surface area contributed by atoms with Crippen molar-refractivity contribution in [3.63, 3.8) is 0 Å². The summed E-state index contributed by atoms with van der Waals surface area (Å²) in [5.41, 5.74) is 8.86. The Balaban J connectivity index is 1.47. The SMILES string of the molecule is COc1ccc([C@H]2C[C@@H]3CC[C@H]([C@H]2C(=O)OCCc2ccc(N)c(Br)c2)N3C)cc1. The number of carbonyl (C=O) groups excluding carboxylic acids is 1. The van der Waals surface area contributed by atoms with Crippen LogP contribution in [0.5, 0.6) is 5.75 Å². The predicted molar refractivity (Wildman–Crippen MR) is 122 cm³/mol. The lowest BCUT2D eigenvalue weighted by molar-refractivity contribution is -0.153. The first-order chi connectivity index (χ1) is 14.5. The highest BCUT2D eigenvalue weighted by Gasteiger charge is 2.49. The molecule has 4 atom stereocenters. The molecule has 4 rings (SSSR count). The largest absolute Gasteiger partial charge is 0.497 e. The maximum absolute atomic E-state index is 13.2. The van der Waals surface area contributed by atoms with Gasteiger partial charge in [0.2, 0.25) is 0 Å². The van der Waals surface area contributed by atoms with Crippen LogP contribution in [0.2, 0.25) is 0 Å². The van der Waals surface area contributed by atoms with Crippen molar-refractivity contribution in [2.45, 2.75) is 43.7 Å². The van der Waals surface area contributed by atoms with Crippen LogP contribution in [0.25, 0.3) is 0 Å². The summed E-state index contributed by atoms with van der Waals surface area (Å²) in [5, 5.41) is 0. The Morgan fingerprint density at radius 3 is 2.67 bits per heavy atom. The second-order valence-electron chi connectivity index (χ2n) is 8.38. The van der Waals surface area contributed by atoms with E-state index in [4.69, 9.17) is 15.2 Å². The van der Waals surface area contributed by atoms with Gasteiger partial charge in [-0.05, 0) is 77.6 Å². The number of piperidine rings is 1. The van der Waals surface area contributed by atoms with E-state index in [0.717, 1.165) is 35.0 Å². The van der Waals surface area contributed by atoms with Crippen molar-refractivity contribution in [2.24, 2.45) is 5.92 Å². The Morgan fingerprint density at radius 2 is 1.97 bits per heavy atom. The minimum Gasteiger partial charge on any atom is -0.497 e. The molecule has 2 fully saturated rings. The van der Waals surface area contributed by atoms with Gasteiger partial charge in [-0.2, -0.15) is 0 Å². The minimum absolute atomic E-state index is 0.0810. The van der Waals surface area contributed by atoms with E-state index in [1.54, 1.807) is 7.11 Å². The van der Waals surface area contributed by atoms with Crippen molar-refractivity contribution in [1.29, 1.82) is 0 Å². The van der Waals surface area contributed by atoms with Gasteiger partial charge in [-0.15, -0.1) is 0 Å². The first-order valence-electron chi connectivity index (χ1n) is 10.5. The van der Waals surface area contributed by atoms with Crippen LogP contribution in [0.1, 0.15) is 36.3 Å². The number of rotatable bonds is 6. The van der Waals surface area contributed by atoms with Crippen LogP contribution >= 0.6 is 15.9 Å². The van der Waals surface area contributed by atoms with Gasteiger partial charge in [0.1, 0.15) is 5.75 Å². The highest BCUT2D eigenvalue weighted by atomic mass is 79.9. The van der Waals surface area contributed by atoms with E-state index in [1.807, 2.05) is 30.3 Å². The molecule has 2 aromatic rings. The zero-order valence-corrected chi connectivity index (χ0v) is 19.1. The Labute approximate surface area is 186 Å². The fourth-order valence-electron chi connectivity index (χ4n) is 5.07. The number of esters is 1. The first-order valence-corrected chi connectivity index (χ1v) is 11.3. The number of benzene rings is 2. The molecule has 0 spiro atoms. The second kappa shape index (κ2) is 8.98. The topological polar surface area (TPSA) is 64.8 Å². The van der Waals surface area contributed by atoms with E-state index in [0.29, 0.717) is 24.8 Å². The summed E-state index contributed by atoms with van der Waals surface area (Å²) >= 11 is 3.45. The van der Waals surface area contributed by atoms with Crippen molar-refractivity contribution in [2.75, 3.05) is 26.5 Å². The van der Waals surface area contributed by atoms with E-state index in [9.17, 15) is 4.79 Å². The van der Waals surface area contributed by atoms with E-state index < -0.39 is 0 Å². The summed E-state index contributed by atoms with van der Waals surface area (Å²) in [6.07, 6.45) is 3.87. The lowest BCUT2D eigenvalue weighted by Crippen LogP contribution is -2.49. The molecule has 6 heteroatoms. The number of hydrogen-bond acceptors (Lipinski definition) is 5. The monoisotopic (exact) mass is 472 g/mol. The van der Waals surface area contributed by atoms with Gasteiger partial charge in [0, 0.05) is 34.6 Å². The van der Waals surface area contributed by atoms with Crippen LogP contribution in [0.15, 0.2) is 46.9 Å². The van der Waals surface area contributed by atoms with Gasteiger partial charge in [-0.3, -0.25) is 9.69 Å². The summed E-state index contributed by atoms with van der Waals surface area (Å²) in [6, 6.07) is 14.8. The smallest absolute Gasteiger partial charge is 0.311 e. The van der Waals surface area contributed by atoms with Gasteiger partial charge < -0.3 is 15.2 Å². The summed E-state index contributed by atoms with van der Waals surface area (Å²) < 4.78 is 12.0. The fraction of sp³-hybridized carbons (Fsp3) is 0.458. The molecule has 0 unspecified atom stereocenters. The number of methoxy groups -OCH3 is 1. The summed E-state index contributed by atoms with van der Waals surface area (Å²) in [6.45, 7) is 0.376. The van der Waals surface area contributed by atoms with Gasteiger partial charge in [-0.1, -0.05) is 18.2 Å². The molecule has 0 radical (unpaired) electrons. The van der Waals surface area contributed by atoms with Crippen molar-refractivity contribution >= 4 is 27.6 Å². The van der Waals surface area contributed by atoms with E-state index in [2.05, 4.69) is 40.0 Å². The van der Waals surface area contributed by atoms with E-state index in [1.165, 1.54) is 5.56 Å². The van der Waals surface area contributed by atoms with E-state index >= 15 is 0 Å². The van der Waals surface area contributed by atoms with Gasteiger partial charge in [0.05, 0.1) is 19.6 Å². The summed E-state index contributed by atoms with van der Waals surface area (Å²) in [7, 11) is 3.82. The van der Waals surface area contributed by atoms with Crippen LogP contribution in [-0.4, -0.2) is 43.7 Å². The van der Waals surface area contributed by atoms with Crippen LogP contribution in [0, 0.1) is 5.92 Å². The molecule has 0 aliphatic carbocycles. The third-order valence-electron chi connectivity index (χ3n) is 6.78. The molecule has 2 saturated heterocycles. The van der Waals surface area contributed by atoms with Crippen LogP contribution < -0.4 is 10.5 Å². The Hall–Kier alpha value is -2.05. The molecule has 0 amide bonds. The third kappa shape index (κ3) is 4.21. The molecule has 0 aromatic heterocycles. The van der Waals surface area contributed by atoms with Crippen molar-refractivity contribution in [3.8, 4) is 5.75 Å². The standard InChI is InChI=1S/C24H29BrN2O3/c1-27-17-6-10-22(27)23(19(14-17)16-4-7-18(29-2)8-5-16)24(28)30-12-11-15-3-9-21(26)20(25)13-15/h3-5,7-9,13,17,19,22-23H,6,10-12,14,26H2,1-2H3/t17-,19+,22+,23-/m0/s1. The number of halogens is 1. The molecule has 2 heterocycles. The molecule has 160 valence electrons. The molecular formula is C24H29BrN2O3. The average molecular weight is 473 g/mol. The molecule has 2 N–H and O–H groups in total. The predicted octanol–water partition coefficient (Wildman–Crippen LogP) is 4.39. The van der Waals surface area contributed by atoms with E-state index in [-0.39, 0.29) is 23.8 Å². The number of nitrogen functional groups attached to an aromatic ring is 1. The van der Waals surface area contributed by atoms with Crippen LogP contribution in [0.3, 0.4) is 0 Å². The highest BCUT2D eigenvalue weighted by molar-refractivity contribution is 9.10. The first kappa shape index (κ1) is 21.2. The van der Waals surface area contributed by atoms with Crippen LogP contribution in [-0.2, 0) is 16.0 Å². The summed E-state index contributed by atoms with van der Waals surface area (Å²) in [4.78, 5) is 15.6. The second-order valence-corrected chi connectivity index (χ2v) is 9.23. The van der Waals surface area contributed by atoms with Gasteiger partial charge in [0.15, 0.2) is 0 Å². The number of ether oxygens (including phenoxy) is 2. The minimum atomic E-state index is -0.139. The fourth-order valence-corrected chi connectivity index (χ4v) is 5.50. The Bertz CT molecular complexity index is 902. The van der Waals surface area contributed by atoms with Gasteiger partial charge >= 0.3 is 5.97 Å². The zero-order chi connectivity index (χ0) is 21.3. The number of hydrogen-bond donors (Lipinski definition) is 1. The van der Waals surface area contributed by atoms with Crippen molar-refractivity contribution in [3.05, 3.63) is 58.1 Å². The molecule has 30 heavy (non-hydrogen) atoms. The maximum Gasteiger partial charge on any atom is 0.311 e. The third-order valence-corrected chi connectivity index (χ3v) is 7.47. The Kier molecular flexibility index (Phi) is 6.34. The number of fused-ring (bicyclic) bond motifs is 2. The number of carbonyl (C=O) groups is 1. The maximum atomic E-state index is 13.2. The summed E-state index contributed by atoms with van der Waals surface area (Å²) in [5.74, 6) is 0.800. The molecule has 2 bridgehead atoms. The normalized spacial score (nSPS) is 25.8. The number of anilines is 1. The average Bonchev–Trinajstić information content (AvgIpc) is 2.98. The molecule has 2 aliphatic heterocycles. The van der Waals surface area contributed by atoms with Crippen LogP contribution in [0.4, 0.5) is 5.69 Å². The quantitative estimate of drug-likeness (QED) is 0.498. The van der Waals surface area contributed by atoms with Crippen molar-refractivity contribution in [1.82, 2.24) is 4.90 Å². The molecule has 2 aliphatic rings. The van der Waals surface area contributed by atoms with Gasteiger partial charge in [-0.25, -0.2) is 0 Å². The molecule has 0 saturated carbocycles. The van der Waals surface area contributed by atoms with Gasteiger partial charge in [0.25, 0.3) is 0 Å². The Morgan fingerprint density at radius 1 is 1.20 bits per heavy atom. The highest BCUT2D eigenvalue weighted by Crippen LogP contribution is 2.46. The zero-order valence-electron chi connectivity index (χ0n) is 17.5. The van der Waals surface area contributed by atoms with Crippen molar-refractivity contribution < 1.29 is 14.3 Å². The lowest BCUT2D eigenvalue weighted by Gasteiger charge is -2.42. The number of nitrogens with two attached hydrogens (primary N) is 1. The molecule has 5 nitrogen and oxygen atoms in total. The molecule has 2 aromatic carbocycles. The molecular weight excluding hydrogens is 444 g/mol. The lowest BCUT2D eigenvalue weighted by atomic mass is 9.76.